The van der Waals surface area contributed by atoms with Gasteiger partial charge in [0.05, 0.1) is 22.8 Å². The third-order valence-corrected chi connectivity index (χ3v) is 7.44. The first-order chi connectivity index (χ1) is 17.2. The molecule has 36 heavy (non-hydrogen) atoms. The Bertz CT molecular complexity index is 1270. The normalized spacial score (nSPS) is 10.6. The summed E-state index contributed by atoms with van der Waals surface area (Å²) < 4.78 is 13.6. The minimum atomic E-state index is -0.687. The molecule has 1 aromatic carbocycles. The van der Waals surface area contributed by atoms with Crippen molar-refractivity contribution in [3.63, 3.8) is 0 Å². The molecule has 0 fully saturated rings. The van der Waals surface area contributed by atoms with E-state index in [0.717, 1.165) is 15.8 Å². The molecular formula is C23H24BrN5O5S2. The number of hydrogen-bond donors (Lipinski definition) is 2. The van der Waals surface area contributed by atoms with Crippen molar-refractivity contribution >= 4 is 61.8 Å². The van der Waals surface area contributed by atoms with Crippen LogP contribution in [-0.2, 0) is 22.7 Å². The van der Waals surface area contributed by atoms with E-state index in [2.05, 4.69) is 38.0 Å². The van der Waals surface area contributed by atoms with Crippen LogP contribution in [0.2, 0.25) is 0 Å². The zero-order valence-electron chi connectivity index (χ0n) is 19.6. The summed E-state index contributed by atoms with van der Waals surface area (Å²) in [6, 6.07) is 7.41. The molecule has 0 spiro atoms. The van der Waals surface area contributed by atoms with E-state index < -0.39 is 17.8 Å². The molecule has 0 atom stereocenters. The predicted molar refractivity (Wildman–Crippen MR) is 142 cm³/mol. The van der Waals surface area contributed by atoms with Gasteiger partial charge in [0.1, 0.15) is 17.4 Å². The number of amides is 2. The van der Waals surface area contributed by atoms with Crippen molar-refractivity contribution in [1.82, 2.24) is 14.8 Å². The zero-order chi connectivity index (χ0) is 26.2. The number of rotatable bonds is 12. The summed E-state index contributed by atoms with van der Waals surface area (Å²) in [4.78, 5) is 37.1. The van der Waals surface area contributed by atoms with Gasteiger partial charge in [0.25, 0.3) is 5.91 Å². The summed E-state index contributed by atoms with van der Waals surface area (Å²) in [6.07, 6.45) is 1.70. The Labute approximate surface area is 224 Å². The summed E-state index contributed by atoms with van der Waals surface area (Å²) in [5.41, 5.74) is 5.91. The standard InChI is InChI=1S/C23H24BrN5O5S2/c1-4-10-29-16(11-34-15-8-6-14(24)7-9-15)27-28-23(29)35-12-17(30)26-21-18(22(32)33-5-2)13(3)19(36-21)20(25)31/h4,6-9H,1,5,10-12H2,2-3H3,(H2,25,31)(H,26,30). The fraction of sp³-hybridized carbons (Fsp3) is 0.261. The van der Waals surface area contributed by atoms with E-state index in [-0.39, 0.29) is 34.4 Å². The van der Waals surface area contributed by atoms with E-state index in [1.807, 2.05) is 24.3 Å². The molecule has 0 aliphatic heterocycles. The maximum atomic E-state index is 12.7. The van der Waals surface area contributed by atoms with Crippen LogP contribution in [0.1, 0.15) is 38.3 Å². The smallest absolute Gasteiger partial charge is 0.341 e. The van der Waals surface area contributed by atoms with E-state index in [9.17, 15) is 14.4 Å². The lowest BCUT2D eigenvalue weighted by molar-refractivity contribution is -0.113. The van der Waals surface area contributed by atoms with Crippen LogP contribution < -0.4 is 15.8 Å². The number of anilines is 1. The van der Waals surface area contributed by atoms with Gasteiger partial charge in [-0.25, -0.2) is 4.79 Å². The lowest BCUT2D eigenvalue weighted by atomic mass is 10.1. The molecule has 2 heterocycles. The van der Waals surface area contributed by atoms with Gasteiger partial charge in [-0.05, 0) is 43.7 Å². The maximum absolute atomic E-state index is 12.7. The molecule has 0 aliphatic carbocycles. The van der Waals surface area contributed by atoms with Crippen LogP contribution >= 0.6 is 39.0 Å². The monoisotopic (exact) mass is 593 g/mol. The maximum Gasteiger partial charge on any atom is 0.341 e. The summed E-state index contributed by atoms with van der Waals surface area (Å²) in [5, 5.41) is 11.8. The van der Waals surface area contributed by atoms with Gasteiger partial charge in [0.15, 0.2) is 11.0 Å². The fourth-order valence-electron chi connectivity index (χ4n) is 3.10. The number of nitrogens with two attached hydrogens (primary N) is 1. The van der Waals surface area contributed by atoms with Crippen molar-refractivity contribution in [3.8, 4) is 5.75 Å². The predicted octanol–water partition coefficient (Wildman–Crippen LogP) is 4.18. The average molecular weight is 595 g/mol. The number of benzene rings is 1. The molecule has 13 heteroatoms. The molecule has 3 aromatic rings. The Morgan fingerprint density at radius 2 is 2.00 bits per heavy atom. The number of thiophene rings is 1. The fourth-order valence-corrected chi connectivity index (χ4v) is 5.20. The second-order valence-corrected chi connectivity index (χ2v) is 10.1. The molecule has 0 bridgehead atoms. The van der Waals surface area contributed by atoms with Crippen molar-refractivity contribution in [3.05, 3.63) is 63.2 Å². The van der Waals surface area contributed by atoms with E-state index in [0.29, 0.717) is 28.8 Å². The Morgan fingerprint density at radius 3 is 2.64 bits per heavy atom. The van der Waals surface area contributed by atoms with Crippen LogP contribution in [-0.4, -0.2) is 44.9 Å². The number of nitrogens with zero attached hydrogens (tertiary/aromatic N) is 3. The number of nitrogens with one attached hydrogen (secondary N) is 1. The molecule has 10 nitrogen and oxygen atoms in total. The average Bonchev–Trinajstić information content (AvgIpc) is 3.37. The van der Waals surface area contributed by atoms with Crippen molar-refractivity contribution in [2.75, 3.05) is 17.7 Å². The molecule has 3 N–H and O–H groups in total. The first-order valence-corrected chi connectivity index (χ1v) is 13.3. The number of halogens is 1. The number of primary amides is 1. The van der Waals surface area contributed by atoms with Crippen LogP contribution in [0.5, 0.6) is 5.75 Å². The molecule has 190 valence electrons. The topological polar surface area (TPSA) is 138 Å². The van der Waals surface area contributed by atoms with Crippen molar-refractivity contribution < 1.29 is 23.9 Å². The molecule has 0 saturated heterocycles. The number of ether oxygens (including phenoxy) is 2. The highest BCUT2D eigenvalue weighted by molar-refractivity contribution is 9.10. The van der Waals surface area contributed by atoms with Gasteiger partial charge in [-0.2, -0.15) is 0 Å². The SMILES string of the molecule is C=CCn1c(COc2ccc(Br)cc2)nnc1SCC(=O)Nc1sc(C(N)=O)c(C)c1C(=O)OCC. The largest absolute Gasteiger partial charge is 0.486 e. The van der Waals surface area contributed by atoms with Gasteiger partial charge < -0.3 is 20.5 Å². The van der Waals surface area contributed by atoms with Crippen LogP contribution in [0.15, 0.2) is 46.5 Å². The molecule has 0 unspecified atom stereocenters. The zero-order valence-corrected chi connectivity index (χ0v) is 22.8. The molecular weight excluding hydrogens is 570 g/mol. The Hall–Kier alpha value is -3.16. The Morgan fingerprint density at radius 1 is 1.28 bits per heavy atom. The van der Waals surface area contributed by atoms with E-state index >= 15 is 0 Å². The van der Waals surface area contributed by atoms with Gasteiger partial charge >= 0.3 is 5.97 Å². The van der Waals surface area contributed by atoms with Crippen molar-refractivity contribution in [2.45, 2.75) is 32.2 Å². The first kappa shape index (κ1) is 27.4. The van der Waals surface area contributed by atoms with E-state index in [1.165, 1.54) is 11.8 Å². The number of allylic oxidation sites excluding steroid dienone is 1. The van der Waals surface area contributed by atoms with Crippen molar-refractivity contribution in [1.29, 1.82) is 0 Å². The van der Waals surface area contributed by atoms with Gasteiger partial charge in [0, 0.05) is 11.0 Å². The highest BCUT2D eigenvalue weighted by Crippen LogP contribution is 2.34. The number of aromatic nitrogens is 3. The van der Waals surface area contributed by atoms with Crippen LogP contribution in [0, 0.1) is 6.92 Å². The second-order valence-electron chi connectivity index (χ2n) is 7.22. The third-order valence-electron chi connectivity index (χ3n) is 4.72. The number of thioether (sulfide) groups is 1. The van der Waals surface area contributed by atoms with E-state index in [1.54, 1.807) is 24.5 Å². The van der Waals surface area contributed by atoms with Crippen LogP contribution in [0.3, 0.4) is 0 Å². The Kier molecular flexibility index (Phi) is 9.67. The molecule has 2 aromatic heterocycles. The number of hydrogen-bond acceptors (Lipinski definition) is 9. The number of esters is 1. The van der Waals surface area contributed by atoms with Gasteiger partial charge in [-0.1, -0.05) is 33.8 Å². The Balaban J connectivity index is 1.70. The third kappa shape index (κ3) is 6.74. The minimum absolute atomic E-state index is 0.0199. The minimum Gasteiger partial charge on any atom is -0.486 e. The molecule has 0 radical (unpaired) electrons. The first-order valence-electron chi connectivity index (χ1n) is 10.7. The van der Waals surface area contributed by atoms with Gasteiger partial charge in [-0.15, -0.1) is 28.1 Å². The molecule has 0 aliphatic rings. The highest BCUT2D eigenvalue weighted by Gasteiger charge is 2.26. The van der Waals surface area contributed by atoms with Crippen LogP contribution in [0.4, 0.5) is 5.00 Å². The van der Waals surface area contributed by atoms with Crippen molar-refractivity contribution in [2.24, 2.45) is 5.73 Å². The highest BCUT2D eigenvalue weighted by atomic mass is 79.9. The van der Waals surface area contributed by atoms with E-state index in [4.69, 9.17) is 15.2 Å². The molecule has 0 saturated carbocycles. The molecule has 3 rings (SSSR count). The molecule has 2 amide bonds. The number of carbonyl (C=O) groups is 3. The summed E-state index contributed by atoms with van der Waals surface area (Å²) in [7, 11) is 0. The lowest BCUT2D eigenvalue weighted by Gasteiger charge is -2.10. The lowest BCUT2D eigenvalue weighted by Crippen LogP contribution is -2.17. The van der Waals surface area contributed by atoms with Crippen LogP contribution in [0.25, 0.3) is 0 Å². The summed E-state index contributed by atoms with van der Waals surface area (Å²) in [6.45, 7) is 7.78. The quantitative estimate of drug-likeness (QED) is 0.181. The number of carbonyl (C=O) groups excluding carboxylic acids is 3. The van der Waals surface area contributed by atoms with Gasteiger partial charge in [0.2, 0.25) is 5.91 Å². The summed E-state index contributed by atoms with van der Waals surface area (Å²) >= 11 is 5.49. The summed E-state index contributed by atoms with van der Waals surface area (Å²) in [5.74, 6) is -0.488. The van der Waals surface area contributed by atoms with Gasteiger partial charge in [-0.3, -0.25) is 14.2 Å². The second kappa shape index (κ2) is 12.7.